The number of nitrogens with one attached hydrogen (secondary N) is 1. The predicted octanol–water partition coefficient (Wildman–Crippen LogP) is 3.90. The number of amidine groups is 1. The number of aliphatic imine (C=N–C) groups is 1. The molecule has 2 aromatic rings. The van der Waals surface area contributed by atoms with Gasteiger partial charge in [0, 0.05) is 23.7 Å². The van der Waals surface area contributed by atoms with Gasteiger partial charge >= 0.3 is 6.18 Å². The lowest BCUT2D eigenvalue weighted by Crippen LogP contribution is -2.46. The largest absolute Gasteiger partial charge is 0.479 e. The summed E-state index contributed by atoms with van der Waals surface area (Å²) in [4.78, 5) is 20.2. The number of rotatable bonds is 5. The fraction of sp³-hybridized carbons (Fsp3) is 0.318. The number of carbonyl (C=O) groups is 1. The molecule has 0 radical (unpaired) electrons. The lowest BCUT2D eigenvalue weighted by Gasteiger charge is -2.36. The van der Waals surface area contributed by atoms with E-state index in [2.05, 4.69) is 31.9 Å². The van der Waals surface area contributed by atoms with Gasteiger partial charge in [0.25, 0.3) is 11.9 Å². The second-order valence-electron chi connectivity index (χ2n) is 7.44. The van der Waals surface area contributed by atoms with Crippen LogP contribution in [0.5, 0.6) is 5.75 Å². The number of anilines is 1. The van der Waals surface area contributed by atoms with E-state index in [0.717, 1.165) is 13.0 Å². The molecule has 0 bridgehead atoms. The van der Waals surface area contributed by atoms with Crippen molar-refractivity contribution in [1.29, 1.82) is 0 Å². The van der Waals surface area contributed by atoms with Crippen molar-refractivity contribution in [2.45, 2.75) is 38.1 Å². The molecule has 1 aliphatic rings. The molecule has 12 heteroatoms. The van der Waals surface area contributed by atoms with Crippen LogP contribution in [0, 0.1) is 23.5 Å². The topological polar surface area (TPSA) is 98.8 Å². The Morgan fingerprint density at radius 1 is 1.35 bits per heavy atom. The van der Waals surface area contributed by atoms with Crippen LogP contribution in [-0.4, -0.2) is 35.8 Å². The molecule has 0 saturated carbocycles. The summed E-state index contributed by atoms with van der Waals surface area (Å²) in [7, 11) is 0. The van der Waals surface area contributed by atoms with Crippen LogP contribution in [0.3, 0.4) is 0 Å². The third-order valence-electron chi connectivity index (χ3n) is 4.89. The Balaban J connectivity index is 1.86. The van der Waals surface area contributed by atoms with Gasteiger partial charge in [0.1, 0.15) is 18.1 Å². The normalized spacial score (nSPS) is 19.9. The van der Waals surface area contributed by atoms with Crippen LogP contribution in [0.1, 0.15) is 36.3 Å². The highest BCUT2D eigenvalue weighted by atomic mass is 19.4. The molecule has 2 unspecified atom stereocenters. The maximum absolute atomic E-state index is 14.6. The summed E-state index contributed by atoms with van der Waals surface area (Å²) in [6.07, 6.45) is -6.76. The van der Waals surface area contributed by atoms with Crippen LogP contribution >= 0.6 is 0 Å². The minimum absolute atomic E-state index is 0.0723. The number of halogens is 5. The smallest absolute Gasteiger partial charge is 0.425 e. The zero-order chi connectivity index (χ0) is 25.1. The Morgan fingerprint density at radius 2 is 2.09 bits per heavy atom. The molecule has 1 aromatic heterocycles. The minimum atomic E-state index is -4.81. The lowest BCUT2D eigenvalue weighted by atomic mass is 9.85. The van der Waals surface area contributed by atoms with Gasteiger partial charge in [-0.15, -0.1) is 5.92 Å². The number of nitrogens with zero attached hydrogens (tertiary/aromatic N) is 2. The molecule has 1 aliphatic heterocycles. The van der Waals surface area contributed by atoms with Gasteiger partial charge in [-0.1, -0.05) is 5.92 Å². The second-order valence-corrected chi connectivity index (χ2v) is 7.44. The van der Waals surface area contributed by atoms with E-state index < -0.39 is 53.4 Å². The van der Waals surface area contributed by atoms with Gasteiger partial charge in [0.05, 0.1) is 11.7 Å². The number of nitrogens with two attached hydrogens (primary N) is 1. The van der Waals surface area contributed by atoms with E-state index in [4.69, 9.17) is 10.5 Å². The summed E-state index contributed by atoms with van der Waals surface area (Å²) in [5.41, 5.74) is 2.65. The second kappa shape index (κ2) is 9.54. The SMILES string of the molecule is CC#CCOc1ccc(C(=O)Nc2cc(F)c(F)c(C3(C)CC(C(F)(F)F)OC(N)=N3)c2)nc1. The lowest BCUT2D eigenvalue weighted by molar-refractivity contribution is -0.208. The number of hydrogen-bond donors (Lipinski definition) is 2. The highest BCUT2D eigenvalue weighted by Crippen LogP contribution is 2.41. The molecule has 7 nitrogen and oxygen atoms in total. The Bertz CT molecular complexity index is 1170. The summed E-state index contributed by atoms with van der Waals surface area (Å²) < 4.78 is 78.5. The number of alkyl halides is 3. The van der Waals surface area contributed by atoms with Gasteiger partial charge in [0.2, 0.25) is 0 Å². The number of amides is 1. The fourth-order valence-electron chi connectivity index (χ4n) is 3.26. The molecule has 1 amide bonds. The van der Waals surface area contributed by atoms with Crippen molar-refractivity contribution in [2.24, 2.45) is 10.7 Å². The van der Waals surface area contributed by atoms with Crippen molar-refractivity contribution < 1.29 is 36.2 Å². The van der Waals surface area contributed by atoms with E-state index >= 15 is 0 Å². The zero-order valence-electron chi connectivity index (χ0n) is 18.0. The monoisotopic (exact) mass is 482 g/mol. The third kappa shape index (κ3) is 5.54. The summed E-state index contributed by atoms with van der Waals surface area (Å²) in [6, 6.07) is 3.67. The van der Waals surface area contributed by atoms with Gasteiger partial charge in [0.15, 0.2) is 17.7 Å². The van der Waals surface area contributed by atoms with E-state index in [-0.39, 0.29) is 18.0 Å². The van der Waals surface area contributed by atoms with Gasteiger partial charge < -0.3 is 20.5 Å². The molecule has 2 atom stereocenters. The maximum Gasteiger partial charge on any atom is 0.425 e. The minimum Gasteiger partial charge on any atom is -0.479 e. The predicted molar refractivity (Wildman–Crippen MR) is 112 cm³/mol. The van der Waals surface area contributed by atoms with Crippen molar-refractivity contribution in [3.05, 3.63) is 53.4 Å². The number of carbonyl (C=O) groups excluding carboxylic acids is 1. The number of ether oxygens (including phenoxy) is 2. The van der Waals surface area contributed by atoms with Gasteiger partial charge in [-0.3, -0.25) is 4.79 Å². The van der Waals surface area contributed by atoms with Crippen LogP contribution in [0.2, 0.25) is 0 Å². The van der Waals surface area contributed by atoms with E-state index in [1.807, 2.05) is 0 Å². The van der Waals surface area contributed by atoms with Crippen LogP contribution in [0.4, 0.5) is 27.6 Å². The molecule has 0 fully saturated rings. The third-order valence-corrected chi connectivity index (χ3v) is 4.89. The van der Waals surface area contributed by atoms with Crippen LogP contribution in [-0.2, 0) is 10.3 Å². The summed E-state index contributed by atoms with van der Waals surface area (Å²) in [5.74, 6) is 2.11. The molecular weight excluding hydrogens is 463 g/mol. The van der Waals surface area contributed by atoms with Gasteiger partial charge in [-0.05, 0) is 32.0 Å². The molecule has 0 saturated heterocycles. The first-order chi connectivity index (χ1) is 15.9. The molecule has 0 aliphatic carbocycles. The number of pyridine rings is 1. The standard InChI is InChI=1S/C22H19F5N4O3/c1-3-4-7-33-13-5-6-16(29-11-13)19(32)30-12-8-14(18(24)15(23)9-12)21(2)10-17(22(25,26)27)34-20(28)31-21/h5-6,8-9,11,17H,7,10H2,1-2H3,(H2,28,31)(H,30,32). The van der Waals surface area contributed by atoms with Crippen molar-refractivity contribution >= 4 is 17.6 Å². The Hall–Kier alpha value is -3.88. The number of aromatic nitrogens is 1. The molecule has 34 heavy (non-hydrogen) atoms. The quantitative estimate of drug-likeness (QED) is 0.498. The van der Waals surface area contributed by atoms with E-state index in [1.54, 1.807) is 6.92 Å². The maximum atomic E-state index is 14.6. The summed E-state index contributed by atoms with van der Waals surface area (Å²) in [6.45, 7) is 2.94. The van der Waals surface area contributed by atoms with Gasteiger partial charge in [-0.25, -0.2) is 18.8 Å². The average molecular weight is 482 g/mol. The molecule has 0 spiro atoms. The first-order valence-corrected chi connectivity index (χ1v) is 9.81. The summed E-state index contributed by atoms with van der Waals surface area (Å²) >= 11 is 0. The van der Waals surface area contributed by atoms with Crippen molar-refractivity contribution in [3.8, 4) is 17.6 Å². The molecule has 3 N–H and O–H groups in total. The Morgan fingerprint density at radius 3 is 2.71 bits per heavy atom. The average Bonchev–Trinajstić information content (AvgIpc) is 2.75. The van der Waals surface area contributed by atoms with Crippen LogP contribution in [0.15, 0.2) is 35.5 Å². The molecule has 2 heterocycles. The summed E-state index contributed by atoms with van der Waals surface area (Å²) in [5, 5.41) is 2.34. The van der Waals surface area contributed by atoms with Gasteiger partial charge in [-0.2, -0.15) is 13.2 Å². The van der Waals surface area contributed by atoms with Crippen LogP contribution < -0.4 is 15.8 Å². The zero-order valence-corrected chi connectivity index (χ0v) is 18.0. The Labute approximate surface area is 191 Å². The van der Waals surface area contributed by atoms with Crippen molar-refractivity contribution in [3.63, 3.8) is 0 Å². The van der Waals surface area contributed by atoms with Crippen molar-refractivity contribution in [2.75, 3.05) is 11.9 Å². The van der Waals surface area contributed by atoms with E-state index in [1.165, 1.54) is 18.3 Å². The Kier molecular flexibility index (Phi) is 6.95. The van der Waals surface area contributed by atoms with Crippen LogP contribution in [0.25, 0.3) is 0 Å². The molecular formula is C22H19F5N4O3. The van der Waals surface area contributed by atoms with E-state index in [9.17, 15) is 26.7 Å². The van der Waals surface area contributed by atoms with Crippen molar-refractivity contribution in [1.82, 2.24) is 4.98 Å². The number of benzene rings is 1. The van der Waals surface area contributed by atoms with E-state index in [0.29, 0.717) is 11.8 Å². The number of hydrogen-bond acceptors (Lipinski definition) is 6. The fourth-order valence-corrected chi connectivity index (χ4v) is 3.26. The highest BCUT2D eigenvalue weighted by Gasteiger charge is 2.50. The molecule has 3 rings (SSSR count). The molecule has 1 aromatic carbocycles. The molecule has 180 valence electrons. The first kappa shape index (κ1) is 24.8. The highest BCUT2D eigenvalue weighted by molar-refractivity contribution is 6.02. The first-order valence-electron chi connectivity index (χ1n) is 9.81.